The highest BCUT2D eigenvalue weighted by Gasteiger charge is 2.57. The van der Waals surface area contributed by atoms with E-state index in [0.717, 1.165) is 53.0 Å². The van der Waals surface area contributed by atoms with Crippen LogP contribution in [0, 0.1) is 5.41 Å². The van der Waals surface area contributed by atoms with Gasteiger partial charge >= 0.3 is 13.9 Å². The van der Waals surface area contributed by atoms with Crippen LogP contribution in [0.1, 0.15) is 31.2 Å². The highest BCUT2D eigenvalue weighted by molar-refractivity contribution is 8.13. The standard InChI is InChI=1S/C27H33F4N6O8PS/c1-4-26(28)19(39)17(45-22(26)37-14-33-18-20(37)35-24(32)36-21(18)40)12-44-46(42,43-9-10-47-23(41)25(2,3)13-38)34-11-15-5-7-16(8-6-15)27(29,30)31/h4-8,14,17,19,22,38-39H,1,9-13H2,2-3H3,(H,34,42)(H3,32,35,36,40)/t17-,19-,22-,26-,46?/m1/s1. The van der Waals surface area contributed by atoms with E-state index in [9.17, 15) is 37.5 Å². The summed E-state index contributed by atoms with van der Waals surface area (Å²) in [6.07, 6.45) is -7.87. The van der Waals surface area contributed by atoms with E-state index in [-0.39, 0.29) is 46.7 Å². The molecular weight excluding hydrogens is 675 g/mol. The van der Waals surface area contributed by atoms with Crippen LogP contribution in [0.4, 0.5) is 23.5 Å². The van der Waals surface area contributed by atoms with Gasteiger partial charge in [0.2, 0.25) is 11.6 Å². The molecule has 0 saturated carbocycles. The zero-order chi connectivity index (χ0) is 34.8. The number of nitrogens with one attached hydrogen (secondary N) is 2. The number of benzene rings is 1. The second-order valence-electron chi connectivity index (χ2n) is 11.1. The third kappa shape index (κ3) is 8.11. The lowest BCUT2D eigenvalue weighted by Crippen LogP contribution is -2.41. The van der Waals surface area contributed by atoms with Crippen LogP contribution in [0.5, 0.6) is 0 Å². The maximum absolute atomic E-state index is 16.2. The number of alkyl halides is 4. The second-order valence-corrected chi connectivity index (χ2v) is 14.0. The minimum Gasteiger partial charge on any atom is -0.395 e. The van der Waals surface area contributed by atoms with Crippen molar-refractivity contribution in [2.45, 2.75) is 50.7 Å². The van der Waals surface area contributed by atoms with Crippen molar-refractivity contribution < 1.29 is 50.9 Å². The maximum Gasteiger partial charge on any atom is 0.416 e. The number of anilines is 1. The lowest BCUT2D eigenvalue weighted by molar-refractivity contribution is -0.137. The SMILES string of the molecule is C=C[C@@]1(F)[C@H](O)[C@@H](COP(=O)(NCc2ccc(C(F)(F)F)cc2)OCCSC(=O)C(C)(C)CO)O[C@H]1n1cnc2c(=O)[nH]c(N)nc21. The molecule has 20 heteroatoms. The molecule has 1 saturated heterocycles. The van der Waals surface area contributed by atoms with Gasteiger partial charge in [0.1, 0.15) is 12.2 Å². The summed E-state index contributed by atoms with van der Waals surface area (Å²) in [6, 6.07) is 3.99. The zero-order valence-corrected chi connectivity index (χ0v) is 26.8. The number of aromatic nitrogens is 4. The maximum atomic E-state index is 16.2. The molecule has 0 aliphatic carbocycles. The van der Waals surface area contributed by atoms with E-state index < -0.39 is 67.8 Å². The van der Waals surface area contributed by atoms with E-state index in [0.29, 0.717) is 0 Å². The monoisotopic (exact) mass is 708 g/mol. The Hall–Kier alpha value is -3.16. The quantitative estimate of drug-likeness (QED) is 0.0708. The van der Waals surface area contributed by atoms with E-state index in [1.54, 1.807) is 0 Å². The molecule has 5 atom stereocenters. The molecule has 2 aromatic heterocycles. The summed E-state index contributed by atoms with van der Waals surface area (Å²) < 4.78 is 86.7. The van der Waals surface area contributed by atoms with Crippen LogP contribution in [-0.4, -0.2) is 78.3 Å². The minimum absolute atomic E-state index is 0.0186. The number of aromatic amines is 1. The van der Waals surface area contributed by atoms with Crippen molar-refractivity contribution in [3.05, 3.63) is 64.7 Å². The third-order valence-electron chi connectivity index (χ3n) is 7.20. The van der Waals surface area contributed by atoms with Gasteiger partial charge in [-0.25, -0.2) is 19.0 Å². The number of H-pyrrole nitrogens is 1. The second kappa shape index (κ2) is 14.1. The van der Waals surface area contributed by atoms with E-state index in [1.807, 2.05) is 0 Å². The molecule has 6 N–H and O–H groups in total. The van der Waals surface area contributed by atoms with Crippen molar-refractivity contribution in [3.8, 4) is 0 Å². The molecule has 0 spiro atoms. The Bertz CT molecular complexity index is 1700. The van der Waals surface area contributed by atoms with Crippen LogP contribution in [0.2, 0.25) is 0 Å². The number of aliphatic hydroxyl groups excluding tert-OH is 2. The van der Waals surface area contributed by atoms with E-state index in [2.05, 4.69) is 26.6 Å². The van der Waals surface area contributed by atoms with Gasteiger partial charge in [0.15, 0.2) is 22.5 Å². The summed E-state index contributed by atoms with van der Waals surface area (Å²) in [5.41, 5.74) is 0.225. The number of rotatable bonds is 14. The number of nitrogen functional groups attached to an aromatic ring is 1. The zero-order valence-electron chi connectivity index (χ0n) is 25.1. The number of ether oxygens (including phenoxy) is 1. The number of nitrogens with zero attached hydrogens (tertiary/aromatic N) is 3. The summed E-state index contributed by atoms with van der Waals surface area (Å²) in [5.74, 6) is -0.308. The molecule has 1 unspecified atom stereocenters. The normalized spacial score (nSPS) is 23.2. The van der Waals surface area contributed by atoms with Crippen molar-refractivity contribution >= 4 is 41.7 Å². The molecular formula is C27H33F4N6O8PS. The smallest absolute Gasteiger partial charge is 0.395 e. The van der Waals surface area contributed by atoms with E-state index in [4.69, 9.17) is 19.5 Å². The van der Waals surface area contributed by atoms with Gasteiger partial charge in [-0.15, -0.1) is 0 Å². The van der Waals surface area contributed by atoms with Gasteiger partial charge in [0.05, 0.1) is 37.1 Å². The lowest BCUT2D eigenvalue weighted by Gasteiger charge is -2.25. The van der Waals surface area contributed by atoms with Gasteiger partial charge in [0.25, 0.3) is 5.56 Å². The Morgan fingerprint density at radius 2 is 2.00 bits per heavy atom. The molecule has 3 aromatic rings. The Balaban J connectivity index is 1.51. The number of fused-ring (bicyclic) bond motifs is 1. The topological polar surface area (TPSA) is 204 Å². The van der Waals surface area contributed by atoms with Crippen LogP contribution in [0.25, 0.3) is 11.2 Å². The summed E-state index contributed by atoms with van der Waals surface area (Å²) in [7, 11) is -4.38. The predicted octanol–water partition coefficient (Wildman–Crippen LogP) is 3.08. The number of carbonyl (C=O) groups is 1. The first-order valence-electron chi connectivity index (χ1n) is 13.9. The molecule has 3 heterocycles. The molecule has 0 amide bonds. The fraction of sp³-hybridized carbons (Fsp3) is 0.481. The molecule has 0 radical (unpaired) electrons. The number of imidazole rings is 1. The van der Waals surface area contributed by atoms with Gasteiger partial charge in [0, 0.05) is 12.3 Å². The van der Waals surface area contributed by atoms with Crippen LogP contribution < -0.4 is 16.4 Å². The van der Waals surface area contributed by atoms with Crippen LogP contribution in [0.15, 0.2) is 48.0 Å². The van der Waals surface area contributed by atoms with Crippen molar-refractivity contribution in [1.82, 2.24) is 24.6 Å². The summed E-state index contributed by atoms with van der Waals surface area (Å²) in [4.78, 5) is 34.7. The number of hydrogen-bond acceptors (Lipinski definition) is 12. The highest BCUT2D eigenvalue weighted by Crippen LogP contribution is 2.48. The molecule has 1 aliphatic rings. The molecule has 258 valence electrons. The molecule has 4 rings (SSSR count). The van der Waals surface area contributed by atoms with Crippen LogP contribution >= 0.6 is 19.5 Å². The van der Waals surface area contributed by atoms with Gasteiger partial charge in [-0.2, -0.15) is 18.2 Å². The number of hydrogen-bond donors (Lipinski definition) is 5. The number of aliphatic hydroxyl groups is 2. The van der Waals surface area contributed by atoms with E-state index in [1.165, 1.54) is 13.8 Å². The average molecular weight is 709 g/mol. The fourth-order valence-electron chi connectivity index (χ4n) is 4.37. The summed E-state index contributed by atoms with van der Waals surface area (Å²) >= 11 is 0.807. The molecule has 1 aliphatic heterocycles. The van der Waals surface area contributed by atoms with Gasteiger partial charge in [-0.05, 0) is 37.6 Å². The first kappa shape index (κ1) is 36.7. The number of halogens is 4. The van der Waals surface area contributed by atoms with Crippen LogP contribution in [0.3, 0.4) is 0 Å². The van der Waals surface area contributed by atoms with Gasteiger partial charge in [-0.3, -0.25) is 28.2 Å². The minimum atomic E-state index is -4.56. The first-order chi connectivity index (χ1) is 21.9. The van der Waals surface area contributed by atoms with E-state index >= 15 is 4.39 Å². The lowest BCUT2D eigenvalue weighted by atomic mass is 9.96. The van der Waals surface area contributed by atoms with Gasteiger partial charge < -0.3 is 20.7 Å². The molecule has 1 fully saturated rings. The summed E-state index contributed by atoms with van der Waals surface area (Å²) in [6.45, 7) is 4.75. The molecule has 1 aromatic carbocycles. The predicted molar refractivity (Wildman–Crippen MR) is 163 cm³/mol. The number of nitrogens with two attached hydrogens (primary N) is 1. The average Bonchev–Trinajstić information content (AvgIpc) is 3.55. The van der Waals surface area contributed by atoms with Gasteiger partial charge in [-0.1, -0.05) is 30.5 Å². The Morgan fingerprint density at radius 1 is 1.32 bits per heavy atom. The largest absolute Gasteiger partial charge is 0.416 e. The number of carbonyl (C=O) groups excluding carboxylic acids is 1. The Kier molecular flexibility index (Phi) is 11.0. The fourth-order valence-corrected chi connectivity index (χ4v) is 6.61. The number of thioether (sulfide) groups is 1. The molecule has 47 heavy (non-hydrogen) atoms. The van der Waals surface area contributed by atoms with Crippen molar-refractivity contribution in [2.24, 2.45) is 5.41 Å². The Labute approximate surface area is 269 Å². The van der Waals surface area contributed by atoms with Crippen LogP contribution in [-0.2, 0) is 35.9 Å². The molecule has 0 bridgehead atoms. The van der Waals surface area contributed by atoms with Crippen molar-refractivity contribution in [1.29, 1.82) is 0 Å². The summed E-state index contributed by atoms with van der Waals surface area (Å²) in [5, 5.41) is 22.5. The highest BCUT2D eigenvalue weighted by atomic mass is 32.2. The van der Waals surface area contributed by atoms with Crippen molar-refractivity contribution in [3.63, 3.8) is 0 Å². The Morgan fingerprint density at radius 3 is 2.62 bits per heavy atom. The van der Waals surface area contributed by atoms with Crippen molar-refractivity contribution in [2.75, 3.05) is 31.3 Å². The molecule has 14 nitrogen and oxygen atoms in total. The third-order valence-corrected chi connectivity index (χ3v) is 9.94. The first-order valence-corrected chi connectivity index (χ1v) is 16.4.